The molecule has 1 aromatic heterocycles. The summed E-state index contributed by atoms with van der Waals surface area (Å²) < 4.78 is 2.41. The lowest BCUT2D eigenvalue weighted by atomic mass is 10.1. The van der Waals surface area contributed by atoms with Gasteiger partial charge in [0.1, 0.15) is 5.69 Å². The van der Waals surface area contributed by atoms with Gasteiger partial charge < -0.3 is 14.5 Å². The highest BCUT2D eigenvalue weighted by Crippen LogP contribution is 2.27. The molecule has 0 unspecified atom stereocenters. The lowest BCUT2D eigenvalue weighted by Crippen LogP contribution is -2.39. The van der Waals surface area contributed by atoms with Gasteiger partial charge in [0.2, 0.25) is 0 Å². The molecule has 8 heteroatoms. The number of nitrogens with one attached hydrogen (secondary N) is 1. The minimum atomic E-state index is -0.673. The van der Waals surface area contributed by atoms with Crippen LogP contribution in [0, 0.1) is 10.1 Å². The molecule has 2 rings (SSSR count). The summed E-state index contributed by atoms with van der Waals surface area (Å²) in [5, 5.41) is 13.8. The van der Waals surface area contributed by atoms with E-state index in [1.807, 2.05) is 0 Å². The molecule has 0 amide bonds. The van der Waals surface area contributed by atoms with E-state index in [0.717, 1.165) is 0 Å². The van der Waals surface area contributed by atoms with Crippen LogP contribution in [-0.2, 0) is 13.6 Å². The maximum atomic E-state index is 11.9. The van der Waals surface area contributed by atoms with Gasteiger partial charge in [-0.2, -0.15) is 0 Å². The van der Waals surface area contributed by atoms with Crippen LogP contribution in [0.4, 0.5) is 11.4 Å². The number of aryl methyl sites for hydroxylation is 1. The lowest BCUT2D eigenvalue weighted by molar-refractivity contribution is -0.384. The maximum Gasteiger partial charge on any atom is 0.316 e. The molecule has 0 bridgehead atoms. The number of aromatic nitrogens is 2. The second-order valence-corrected chi connectivity index (χ2v) is 4.47. The molecule has 0 aliphatic heterocycles. The number of para-hydroxylation sites is 1. The van der Waals surface area contributed by atoms with Crippen LogP contribution >= 0.6 is 0 Å². The standard InChI is InChI=1S/C13H14N4O4/c1-14-11-9(4-3-5-10(11)17(20)21)8-16-7-6-15(2)12(18)13(16)19/h3-7,14H,8H2,1-2H3. The summed E-state index contributed by atoms with van der Waals surface area (Å²) in [6.07, 6.45) is 2.95. The molecular weight excluding hydrogens is 276 g/mol. The molecule has 0 aliphatic carbocycles. The first-order valence-electron chi connectivity index (χ1n) is 6.15. The van der Waals surface area contributed by atoms with Crippen LogP contribution in [-0.4, -0.2) is 21.1 Å². The van der Waals surface area contributed by atoms with Crippen molar-refractivity contribution in [1.29, 1.82) is 0 Å². The van der Waals surface area contributed by atoms with E-state index in [9.17, 15) is 19.7 Å². The second kappa shape index (κ2) is 5.61. The molecule has 1 aromatic carbocycles. The number of nitro benzene ring substituents is 1. The number of rotatable bonds is 4. The van der Waals surface area contributed by atoms with Gasteiger partial charge in [0, 0.05) is 38.1 Å². The van der Waals surface area contributed by atoms with Crippen LogP contribution in [0.2, 0.25) is 0 Å². The fraction of sp³-hybridized carbons (Fsp3) is 0.231. The van der Waals surface area contributed by atoms with Crippen LogP contribution in [0.1, 0.15) is 5.56 Å². The summed E-state index contributed by atoms with van der Waals surface area (Å²) >= 11 is 0. The third kappa shape index (κ3) is 2.69. The van der Waals surface area contributed by atoms with E-state index in [-0.39, 0.29) is 12.2 Å². The molecule has 0 spiro atoms. The Morgan fingerprint density at radius 1 is 1.24 bits per heavy atom. The molecule has 1 N–H and O–H groups in total. The zero-order valence-corrected chi connectivity index (χ0v) is 11.6. The molecule has 0 radical (unpaired) electrons. The van der Waals surface area contributed by atoms with Crippen LogP contribution < -0.4 is 16.4 Å². The summed E-state index contributed by atoms with van der Waals surface area (Å²) in [6, 6.07) is 4.59. The predicted octanol–water partition coefficient (Wildman–Crippen LogP) is 0.545. The van der Waals surface area contributed by atoms with E-state index in [4.69, 9.17) is 0 Å². The molecule has 2 aromatic rings. The summed E-state index contributed by atoms with van der Waals surface area (Å²) in [5.74, 6) is 0. The maximum absolute atomic E-state index is 11.9. The van der Waals surface area contributed by atoms with Crippen molar-refractivity contribution in [2.24, 2.45) is 7.05 Å². The first-order chi connectivity index (χ1) is 9.95. The van der Waals surface area contributed by atoms with Crippen molar-refractivity contribution in [3.05, 3.63) is 67.0 Å². The Balaban J connectivity index is 2.53. The van der Waals surface area contributed by atoms with Crippen molar-refractivity contribution < 1.29 is 4.92 Å². The SMILES string of the molecule is CNc1c(Cn2ccn(C)c(=O)c2=O)cccc1[N+](=O)[O-]. The average Bonchev–Trinajstić information content (AvgIpc) is 2.47. The van der Waals surface area contributed by atoms with Gasteiger partial charge in [0.05, 0.1) is 11.5 Å². The minimum absolute atomic E-state index is 0.0762. The zero-order valence-electron chi connectivity index (χ0n) is 11.6. The van der Waals surface area contributed by atoms with Crippen molar-refractivity contribution in [2.75, 3.05) is 12.4 Å². The molecule has 110 valence electrons. The van der Waals surface area contributed by atoms with Crippen LogP contribution in [0.25, 0.3) is 0 Å². The van der Waals surface area contributed by atoms with Crippen molar-refractivity contribution in [2.45, 2.75) is 6.54 Å². The second-order valence-electron chi connectivity index (χ2n) is 4.47. The van der Waals surface area contributed by atoms with Crippen LogP contribution in [0.15, 0.2) is 40.2 Å². The first-order valence-corrected chi connectivity index (χ1v) is 6.15. The highest BCUT2D eigenvalue weighted by molar-refractivity contribution is 5.66. The van der Waals surface area contributed by atoms with Crippen molar-refractivity contribution >= 4 is 11.4 Å². The lowest BCUT2D eigenvalue weighted by Gasteiger charge is -2.11. The molecule has 0 atom stereocenters. The molecule has 0 saturated heterocycles. The molecule has 0 fully saturated rings. The Labute approximate surface area is 119 Å². The van der Waals surface area contributed by atoms with Crippen molar-refractivity contribution in [3.63, 3.8) is 0 Å². The van der Waals surface area contributed by atoms with Gasteiger partial charge in [-0.3, -0.25) is 19.7 Å². The van der Waals surface area contributed by atoms with Gasteiger partial charge in [-0.05, 0) is 0 Å². The van der Waals surface area contributed by atoms with Gasteiger partial charge in [-0.1, -0.05) is 12.1 Å². The quantitative estimate of drug-likeness (QED) is 0.503. The molecule has 21 heavy (non-hydrogen) atoms. The Kier molecular flexibility index (Phi) is 3.88. The van der Waals surface area contributed by atoms with Gasteiger partial charge in [0.15, 0.2) is 0 Å². The normalized spacial score (nSPS) is 10.4. The number of nitro groups is 1. The number of anilines is 1. The summed E-state index contributed by atoms with van der Waals surface area (Å²) in [6.45, 7) is 0.0762. The highest BCUT2D eigenvalue weighted by atomic mass is 16.6. The van der Waals surface area contributed by atoms with Crippen LogP contribution in [0.5, 0.6) is 0 Å². The Hall–Kier alpha value is -2.90. The molecule has 0 aliphatic rings. The largest absolute Gasteiger partial charge is 0.382 e. The topological polar surface area (TPSA) is 99.2 Å². The Morgan fingerprint density at radius 3 is 2.57 bits per heavy atom. The predicted molar refractivity (Wildman–Crippen MR) is 77.7 cm³/mol. The summed E-state index contributed by atoms with van der Waals surface area (Å²) in [5.41, 5.74) is -0.508. The van der Waals surface area contributed by atoms with Crippen LogP contribution in [0.3, 0.4) is 0 Å². The van der Waals surface area contributed by atoms with E-state index in [1.165, 1.54) is 34.6 Å². The third-order valence-electron chi connectivity index (χ3n) is 3.15. The van der Waals surface area contributed by atoms with Gasteiger partial charge in [-0.25, -0.2) is 0 Å². The van der Waals surface area contributed by atoms with Gasteiger partial charge in [-0.15, -0.1) is 0 Å². The summed E-state index contributed by atoms with van der Waals surface area (Å²) in [4.78, 5) is 34.0. The fourth-order valence-corrected chi connectivity index (χ4v) is 2.06. The Bertz CT molecular complexity index is 807. The van der Waals surface area contributed by atoms with Gasteiger partial charge >= 0.3 is 11.1 Å². The number of hydrogen-bond acceptors (Lipinski definition) is 5. The monoisotopic (exact) mass is 290 g/mol. The third-order valence-corrected chi connectivity index (χ3v) is 3.15. The minimum Gasteiger partial charge on any atom is -0.382 e. The number of nitrogens with zero attached hydrogens (tertiary/aromatic N) is 3. The van der Waals surface area contributed by atoms with Crippen molar-refractivity contribution in [3.8, 4) is 0 Å². The summed E-state index contributed by atoms with van der Waals surface area (Å²) in [7, 11) is 3.05. The molecule has 1 heterocycles. The average molecular weight is 290 g/mol. The smallest absolute Gasteiger partial charge is 0.316 e. The fourth-order valence-electron chi connectivity index (χ4n) is 2.06. The molecular formula is C13H14N4O4. The number of benzene rings is 1. The van der Waals surface area contributed by atoms with E-state index in [1.54, 1.807) is 19.2 Å². The van der Waals surface area contributed by atoms with Crippen molar-refractivity contribution in [1.82, 2.24) is 9.13 Å². The number of hydrogen-bond donors (Lipinski definition) is 1. The highest BCUT2D eigenvalue weighted by Gasteiger charge is 2.16. The van der Waals surface area contributed by atoms with E-state index >= 15 is 0 Å². The van der Waals surface area contributed by atoms with Gasteiger partial charge in [0.25, 0.3) is 5.69 Å². The van der Waals surface area contributed by atoms with E-state index in [2.05, 4.69) is 5.32 Å². The van der Waals surface area contributed by atoms with E-state index < -0.39 is 16.0 Å². The first kappa shape index (κ1) is 14.5. The molecule has 0 saturated carbocycles. The Morgan fingerprint density at radius 2 is 1.95 bits per heavy atom. The zero-order chi connectivity index (χ0) is 15.6. The van der Waals surface area contributed by atoms with E-state index in [0.29, 0.717) is 11.3 Å². The molecule has 8 nitrogen and oxygen atoms in total.